The van der Waals surface area contributed by atoms with Crippen LogP contribution in [-0.2, 0) is 16.0 Å². The first-order chi connectivity index (χ1) is 11.2. The van der Waals surface area contributed by atoms with E-state index in [-0.39, 0.29) is 18.0 Å². The largest absolute Gasteiger partial charge is 0.496 e. The highest BCUT2D eigenvalue weighted by atomic mass is 16.6. The lowest BCUT2D eigenvalue weighted by Gasteiger charge is -2.35. The minimum atomic E-state index is -0.0574. The molecule has 1 heterocycles. The van der Waals surface area contributed by atoms with E-state index in [9.17, 15) is 4.79 Å². The van der Waals surface area contributed by atoms with Crippen LogP contribution in [0.3, 0.4) is 0 Å². The van der Waals surface area contributed by atoms with Gasteiger partial charge in [0.25, 0.3) is 0 Å². The minimum Gasteiger partial charge on any atom is -0.496 e. The van der Waals surface area contributed by atoms with Crippen LogP contribution in [-0.4, -0.2) is 19.2 Å². The fraction of sp³-hybridized carbons (Fsp3) is 0.450. The molecule has 2 atom stereocenters. The van der Waals surface area contributed by atoms with Crippen molar-refractivity contribution < 1.29 is 14.3 Å². The van der Waals surface area contributed by atoms with E-state index in [1.165, 1.54) is 5.57 Å². The van der Waals surface area contributed by atoms with E-state index in [1.807, 2.05) is 38.1 Å². The van der Waals surface area contributed by atoms with Gasteiger partial charge in [0, 0.05) is 0 Å². The van der Waals surface area contributed by atoms with Crippen molar-refractivity contribution in [3.63, 3.8) is 0 Å². The van der Waals surface area contributed by atoms with E-state index in [1.54, 1.807) is 7.11 Å². The molecule has 124 valence electrons. The van der Waals surface area contributed by atoms with Crippen LogP contribution in [0.5, 0.6) is 5.75 Å². The number of rotatable bonds is 8. The Labute approximate surface area is 139 Å². The highest BCUT2D eigenvalue weighted by molar-refractivity contribution is 5.78. The first-order valence-electron chi connectivity index (χ1n) is 8.29. The minimum absolute atomic E-state index is 0.0172. The molecule has 0 N–H and O–H groups in total. The molecule has 2 rings (SSSR count). The average molecular weight is 314 g/mol. The van der Waals surface area contributed by atoms with Gasteiger partial charge in [0.1, 0.15) is 11.9 Å². The predicted octanol–water partition coefficient (Wildman–Crippen LogP) is 4.47. The van der Waals surface area contributed by atoms with Crippen molar-refractivity contribution in [1.29, 1.82) is 0 Å². The maximum Gasteiger partial charge on any atom is 0.313 e. The Bertz CT molecular complexity index is 586. The van der Waals surface area contributed by atoms with Gasteiger partial charge in [0.05, 0.1) is 13.0 Å². The maximum atomic E-state index is 11.8. The normalized spacial score (nSPS) is 21.2. The first-order valence-corrected chi connectivity index (χ1v) is 8.29. The van der Waals surface area contributed by atoms with Crippen molar-refractivity contribution in [2.75, 3.05) is 7.11 Å². The fourth-order valence-electron chi connectivity index (χ4n) is 3.03. The zero-order valence-electron chi connectivity index (χ0n) is 14.2. The number of cyclic esters (lactones) is 1. The van der Waals surface area contributed by atoms with E-state index in [2.05, 4.69) is 18.2 Å². The van der Waals surface area contributed by atoms with Crippen LogP contribution in [0.15, 0.2) is 48.1 Å². The Morgan fingerprint density at radius 1 is 1.26 bits per heavy atom. The van der Waals surface area contributed by atoms with Crippen LogP contribution in [0.2, 0.25) is 0 Å². The molecule has 23 heavy (non-hydrogen) atoms. The molecule has 0 spiro atoms. The van der Waals surface area contributed by atoms with Gasteiger partial charge in [-0.05, 0) is 51.2 Å². The molecule has 1 aromatic rings. The summed E-state index contributed by atoms with van der Waals surface area (Å²) in [4.78, 5) is 11.8. The fourth-order valence-corrected chi connectivity index (χ4v) is 3.03. The van der Waals surface area contributed by atoms with Crippen LogP contribution >= 0.6 is 0 Å². The third-order valence-electron chi connectivity index (χ3n) is 4.41. The average Bonchev–Trinajstić information content (AvgIpc) is 2.57. The van der Waals surface area contributed by atoms with Gasteiger partial charge < -0.3 is 9.47 Å². The van der Waals surface area contributed by atoms with Gasteiger partial charge >= 0.3 is 5.97 Å². The second-order valence-corrected chi connectivity index (χ2v) is 5.83. The molecule has 0 saturated carbocycles. The van der Waals surface area contributed by atoms with Crippen molar-refractivity contribution in [2.24, 2.45) is 5.92 Å². The van der Waals surface area contributed by atoms with Gasteiger partial charge in [-0.25, -0.2) is 0 Å². The second kappa shape index (κ2) is 8.56. The summed E-state index contributed by atoms with van der Waals surface area (Å²) in [5, 5.41) is 0. The number of hydrogen-bond donors (Lipinski definition) is 0. The van der Waals surface area contributed by atoms with Gasteiger partial charge in [0.2, 0.25) is 0 Å². The number of methoxy groups -OCH3 is 1. The lowest BCUT2D eigenvalue weighted by molar-refractivity contribution is -0.185. The lowest BCUT2D eigenvalue weighted by Crippen LogP contribution is -2.45. The summed E-state index contributed by atoms with van der Waals surface area (Å²) in [6.07, 6.45) is 9.83. The van der Waals surface area contributed by atoms with Crippen molar-refractivity contribution in [3.8, 4) is 5.75 Å². The third-order valence-corrected chi connectivity index (χ3v) is 4.41. The van der Waals surface area contributed by atoms with Crippen LogP contribution in [0.1, 0.15) is 38.7 Å². The highest BCUT2D eigenvalue weighted by Gasteiger charge is 2.41. The number of carbonyl (C=O) groups excluding carboxylic acids is 1. The molecular formula is C20H26O3. The number of benzene rings is 1. The van der Waals surface area contributed by atoms with Gasteiger partial charge in [-0.2, -0.15) is 0 Å². The molecule has 1 saturated heterocycles. The Morgan fingerprint density at radius 2 is 2.04 bits per heavy atom. The number of allylic oxidation sites excluding steroid dienone is 4. The van der Waals surface area contributed by atoms with Gasteiger partial charge in [-0.15, -0.1) is 0 Å². The molecule has 0 amide bonds. The van der Waals surface area contributed by atoms with Crippen molar-refractivity contribution in [2.45, 2.75) is 45.6 Å². The number of aryl methyl sites for hydroxylation is 1. The summed E-state index contributed by atoms with van der Waals surface area (Å²) >= 11 is 0. The number of hydrogen-bond acceptors (Lipinski definition) is 3. The molecule has 3 nitrogen and oxygen atoms in total. The Morgan fingerprint density at radius 3 is 2.70 bits per heavy atom. The molecule has 1 aliphatic rings. The molecule has 2 unspecified atom stereocenters. The molecule has 0 radical (unpaired) electrons. The zero-order valence-corrected chi connectivity index (χ0v) is 14.2. The maximum absolute atomic E-state index is 11.8. The molecule has 0 aliphatic carbocycles. The summed E-state index contributed by atoms with van der Waals surface area (Å²) < 4.78 is 10.7. The summed E-state index contributed by atoms with van der Waals surface area (Å²) in [7, 11) is 1.68. The van der Waals surface area contributed by atoms with Crippen molar-refractivity contribution in [1.82, 2.24) is 0 Å². The third kappa shape index (κ3) is 4.47. The molecule has 1 fully saturated rings. The Kier molecular flexibility index (Phi) is 6.45. The van der Waals surface area contributed by atoms with Crippen LogP contribution in [0, 0.1) is 5.92 Å². The van der Waals surface area contributed by atoms with Crippen LogP contribution in [0.4, 0.5) is 0 Å². The van der Waals surface area contributed by atoms with Gasteiger partial charge in [-0.3, -0.25) is 4.79 Å². The smallest absolute Gasteiger partial charge is 0.313 e. The van der Waals surface area contributed by atoms with Gasteiger partial charge in [-0.1, -0.05) is 42.0 Å². The quantitative estimate of drug-likeness (QED) is 0.524. The number of ether oxygens (including phenoxy) is 2. The van der Waals surface area contributed by atoms with E-state index in [4.69, 9.17) is 9.47 Å². The van der Waals surface area contributed by atoms with E-state index >= 15 is 0 Å². The van der Waals surface area contributed by atoms with Gasteiger partial charge in [0.15, 0.2) is 0 Å². The topological polar surface area (TPSA) is 35.5 Å². The monoisotopic (exact) mass is 314 g/mol. The molecular weight excluding hydrogens is 288 g/mol. The summed E-state index contributed by atoms with van der Waals surface area (Å²) in [6.45, 7) is 4.06. The first kappa shape index (κ1) is 17.3. The predicted molar refractivity (Wildman–Crippen MR) is 92.5 cm³/mol. The van der Waals surface area contributed by atoms with E-state index in [0.717, 1.165) is 37.0 Å². The van der Waals surface area contributed by atoms with E-state index < -0.39 is 0 Å². The SMILES string of the molecule is CC=CC(=CC)CCC1OC(=O)C1CCc1ccccc1OC. The summed E-state index contributed by atoms with van der Waals surface area (Å²) in [5.74, 6) is 0.850. The Balaban J connectivity index is 1.87. The molecule has 1 aliphatic heterocycles. The lowest BCUT2D eigenvalue weighted by atomic mass is 9.86. The molecule has 0 bridgehead atoms. The Hall–Kier alpha value is -2.03. The van der Waals surface area contributed by atoms with Crippen LogP contribution in [0.25, 0.3) is 0 Å². The summed E-state index contributed by atoms with van der Waals surface area (Å²) in [6, 6.07) is 7.98. The molecule has 1 aromatic carbocycles. The van der Waals surface area contributed by atoms with Crippen LogP contribution < -0.4 is 4.74 Å². The number of esters is 1. The summed E-state index contributed by atoms with van der Waals surface area (Å²) in [5.41, 5.74) is 2.44. The standard InChI is InChI=1S/C20H26O3/c1-4-8-15(5-2)11-14-19-17(20(21)23-19)13-12-16-9-6-7-10-18(16)22-3/h4-10,17,19H,11-14H2,1-3H3. The highest BCUT2D eigenvalue weighted by Crippen LogP contribution is 2.32. The number of para-hydroxylation sites is 1. The molecule has 3 heteroatoms. The van der Waals surface area contributed by atoms with E-state index in [0.29, 0.717) is 0 Å². The second-order valence-electron chi connectivity index (χ2n) is 5.83. The number of carbonyl (C=O) groups is 1. The molecule has 0 aromatic heterocycles. The zero-order chi connectivity index (χ0) is 16.7. The van der Waals surface area contributed by atoms with Crippen molar-refractivity contribution in [3.05, 3.63) is 53.6 Å². The van der Waals surface area contributed by atoms with Crippen molar-refractivity contribution >= 4 is 5.97 Å².